The molecule has 0 radical (unpaired) electrons. The molecule has 0 fully saturated rings. The first-order chi connectivity index (χ1) is 27.5. The van der Waals surface area contributed by atoms with Crippen LogP contribution in [0.15, 0.2) is 139 Å². The van der Waals surface area contributed by atoms with E-state index in [9.17, 15) is 36.6 Å². The first kappa shape index (κ1) is 39.6. The van der Waals surface area contributed by atoms with Crippen LogP contribution < -0.4 is 0 Å². The van der Waals surface area contributed by atoms with Crippen LogP contribution in [0.1, 0.15) is 34.5 Å². The predicted molar refractivity (Wildman–Crippen MR) is 212 cm³/mol. The van der Waals surface area contributed by atoms with Crippen LogP contribution in [0.5, 0.6) is 0 Å². The molecule has 4 nitrogen and oxygen atoms in total. The fourth-order valence-corrected chi connectivity index (χ4v) is 8.62. The van der Waals surface area contributed by atoms with Crippen molar-refractivity contribution >= 4 is 34.3 Å². The molecule has 0 aliphatic carbocycles. The van der Waals surface area contributed by atoms with Crippen molar-refractivity contribution in [3.05, 3.63) is 201 Å². The van der Waals surface area contributed by atoms with Gasteiger partial charge in [-0.05, 0) is 82.6 Å². The van der Waals surface area contributed by atoms with Gasteiger partial charge in [0, 0.05) is 102 Å². The maximum Gasteiger partial charge on any atom is 0.134 e. The van der Waals surface area contributed by atoms with Gasteiger partial charge in [-0.3, -0.25) is 9.97 Å². The van der Waals surface area contributed by atoms with E-state index in [0.717, 1.165) is 52.8 Å². The van der Waals surface area contributed by atoms with Gasteiger partial charge in [-0.1, -0.05) is 35.9 Å². The normalized spacial score (nSPS) is 12.2. The number of aliphatic hydroxyl groups is 2. The summed E-state index contributed by atoms with van der Waals surface area (Å²) in [6.45, 7) is 0. The molecule has 0 saturated heterocycles. The third-order valence-electron chi connectivity index (χ3n) is 8.93. The van der Waals surface area contributed by atoms with Gasteiger partial charge in [0.05, 0.1) is 0 Å². The van der Waals surface area contributed by atoms with Crippen molar-refractivity contribution in [2.45, 2.75) is 12.2 Å². The first-order valence-corrected chi connectivity index (χ1v) is 19.1. The van der Waals surface area contributed by atoms with Crippen LogP contribution >= 0.6 is 34.3 Å². The number of rotatable bonds is 8. The Bertz CT molecular complexity index is 2590. The van der Waals surface area contributed by atoms with Crippen molar-refractivity contribution in [1.29, 1.82) is 0 Å². The molecular formula is C44H27ClF6N2O2S2. The molecule has 0 saturated carbocycles. The maximum absolute atomic E-state index is 14.5. The Morgan fingerprint density at radius 1 is 0.491 bits per heavy atom. The summed E-state index contributed by atoms with van der Waals surface area (Å²) in [6.07, 6.45) is 3.88. The third kappa shape index (κ3) is 8.55. The van der Waals surface area contributed by atoms with Crippen LogP contribution in [0, 0.1) is 34.9 Å². The summed E-state index contributed by atoms with van der Waals surface area (Å²) in [5.74, 6) is -4.41. The molecule has 8 rings (SSSR count). The summed E-state index contributed by atoms with van der Waals surface area (Å²) in [5, 5.41) is 26.2. The second-order valence-electron chi connectivity index (χ2n) is 12.5. The number of benzene rings is 4. The number of nitrogens with zero attached hydrogens (tertiary/aromatic N) is 2. The van der Waals surface area contributed by atoms with Gasteiger partial charge in [-0.15, -0.1) is 22.7 Å². The zero-order chi connectivity index (χ0) is 40.2. The minimum absolute atomic E-state index is 0.0642. The van der Waals surface area contributed by atoms with E-state index >= 15 is 0 Å². The van der Waals surface area contributed by atoms with E-state index in [1.807, 2.05) is 17.5 Å². The van der Waals surface area contributed by atoms with E-state index in [4.69, 9.17) is 11.6 Å². The molecule has 13 heteroatoms. The summed E-state index contributed by atoms with van der Waals surface area (Å²) in [4.78, 5) is 8.90. The molecule has 4 aromatic carbocycles. The Hall–Kier alpha value is -5.63. The van der Waals surface area contributed by atoms with Gasteiger partial charge < -0.3 is 10.2 Å². The van der Waals surface area contributed by atoms with E-state index in [1.54, 1.807) is 54.2 Å². The molecule has 0 amide bonds. The fourth-order valence-electron chi connectivity index (χ4n) is 6.22. The van der Waals surface area contributed by atoms with Crippen molar-refractivity contribution in [3.63, 3.8) is 0 Å². The average Bonchev–Trinajstić information content (AvgIpc) is 3.84. The highest BCUT2D eigenvalue weighted by molar-refractivity contribution is 7.14. The Kier molecular flexibility index (Phi) is 12.0. The minimum Gasteiger partial charge on any atom is -0.384 e. The largest absolute Gasteiger partial charge is 0.384 e. The van der Waals surface area contributed by atoms with Crippen LogP contribution in [0.4, 0.5) is 26.3 Å². The Balaban J connectivity index is 0.000000174. The van der Waals surface area contributed by atoms with Crippen molar-refractivity contribution in [2.24, 2.45) is 0 Å². The number of hydrogen-bond acceptors (Lipinski definition) is 6. The van der Waals surface area contributed by atoms with Gasteiger partial charge in [-0.25, -0.2) is 26.3 Å². The number of thiophene rings is 2. The second kappa shape index (κ2) is 17.2. The highest BCUT2D eigenvalue weighted by Crippen LogP contribution is 2.46. The molecule has 8 aromatic rings. The summed E-state index contributed by atoms with van der Waals surface area (Å²) in [7, 11) is 0. The van der Waals surface area contributed by atoms with Crippen LogP contribution in [-0.2, 0) is 0 Å². The first-order valence-electron chi connectivity index (χ1n) is 17.0. The van der Waals surface area contributed by atoms with Crippen molar-refractivity contribution in [3.8, 4) is 43.1 Å². The molecule has 0 spiro atoms. The van der Waals surface area contributed by atoms with Crippen LogP contribution in [-0.4, -0.2) is 20.2 Å². The summed E-state index contributed by atoms with van der Waals surface area (Å²) >= 11 is 8.37. The minimum atomic E-state index is -1.26. The molecule has 0 aliphatic rings. The molecule has 4 heterocycles. The summed E-state index contributed by atoms with van der Waals surface area (Å²) < 4.78 is 83.6. The molecule has 286 valence electrons. The van der Waals surface area contributed by atoms with Gasteiger partial charge in [0.2, 0.25) is 0 Å². The lowest BCUT2D eigenvalue weighted by atomic mass is 9.93. The smallest absolute Gasteiger partial charge is 0.134 e. The van der Waals surface area contributed by atoms with E-state index in [-0.39, 0.29) is 22.3 Å². The number of aliphatic hydroxyl groups excluding tert-OH is 2. The van der Waals surface area contributed by atoms with Gasteiger partial charge in [0.25, 0.3) is 0 Å². The van der Waals surface area contributed by atoms with E-state index < -0.39 is 47.1 Å². The van der Waals surface area contributed by atoms with Crippen molar-refractivity contribution < 1.29 is 36.6 Å². The maximum atomic E-state index is 14.5. The zero-order valence-electron chi connectivity index (χ0n) is 29.2. The van der Waals surface area contributed by atoms with Crippen molar-refractivity contribution in [1.82, 2.24) is 9.97 Å². The highest BCUT2D eigenvalue weighted by atomic mass is 35.5. The highest BCUT2D eigenvalue weighted by Gasteiger charge is 2.27. The predicted octanol–water partition coefficient (Wildman–Crippen LogP) is 12.6. The Labute approximate surface area is 335 Å². The Morgan fingerprint density at radius 2 is 0.912 bits per heavy atom. The standard InChI is InChI=1S/C22H14ClF2NOS.C22H13F4NOS/c23-15-5-3-13(4-6-15)18-12-28-22(17-8-7-16(24)10-19(17)25)20(18)21(27)14-2-1-9-26-11-14;23-13-3-5-15(18(25)8-13)17-11-29-22(16-6-4-14(24)9-19(16)26)20(17)21(28)12-2-1-7-27-10-12/h1-12,21,27H;1-11,21,28H. The SMILES string of the molecule is OC(c1cccnc1)c1c(-c2ccc(Cl)cc2)csc1-c1ccc(F)cc1F.OC(c1cccnc1)c1c(-c2ccc(F)cc2F)csc1-c1ccc(F)cc1F. The molecule has 0 bridgehead atoms. The van der Waals surface area contributed by atoms with E-state index in [1.165, 1.54) is 48.0 Å². The Morgan fingerprint density at radius 3 is 1.33 bits per heavy atom. The molecule has 0 aliphatic heterocycles. The summed E-state index contributed by atoms with van der Waals surface area (Å²) in [6, 6.07) is 23.6. The monoisotopic (exact) mass is 828 g/mol. The third-order valence-corrected chi connectivity index (χ3v) is 11.2. The lowest BCUT2D eigenvalue weighted by molar-refractivity contribution is 0.221. The molecule has 2 atom stereocenters. The van der Waals surface area contributed by atoms with E-state index in [2.05, 4.69) is 9.97 Å². The number of halogens is 7. The van der Waals surface area contributed by atoms with Crippen LogP contribution in [0.3, 0.4) is 0 Å². The molecular weight excluding hydrogens is 802 g/mol. The van der Waals surface area contributed by atoms with Gasteiger partial charge in [0.15, 0.2) is 0 Å². The number of hydrogen-bond donors (Lipinski definition) is 2. The second-order valence-corrected chi connectivity index (χ2v) is 14.7. The van der Waals surface area contributed by atoms with Crippen LogP contribution in [0.2, 0.25) is 5.02 Å². The number of aromatic nitrogens is 2. The molecule has 57 heavy (non-hydrogen) atoms. The lowest BCUT2D eigenvalue weighted by Crippen LogP contribution is -2.03. The zero-order valence-corrected chi connectivity index (χ0v) is 31.6. The topological polar surface area (TPSA) is 66.2 Å². The molecule has 2 N–H and O–H groups in total. The molecule has 4 aromatic heterocycles. The van der Waals surface area contributed by atoms with Crippen LogP contribution in [0.25, 0.3) is 43.1 Å². The lowest BCUT2D eigenvalue weighted by Gasteiger charge is -2.16. The van der Waals surface area contributed by atoms with Gasteiger partial charge in [0.1, 0.15) is 47.1 Å². The number of pyridine rings is 2. The van der Waals surface area contributed by atoms with E-state index in [0.29, 0.717) is 37.0 Å². The average molecular weight is 829 g/mol. The fraction of sp³-hybridized carbons (Fsp3) is 0.0455. The quantitative estimate of drug-likeness (QED) is 0.150. The van der Waals surface area contributed by atoms with Crippen molar-refractivity contribution in [2.75, 3.05) is 0 Å². The summed E-state index contributed by atoms with van der Waals surface area (Å²) in [5.41, 5.74) is 4.05. The molecule has 2 unspecified atom stereocenters. The van der Waals surface area contributed by atoms with Gasteiger partial charge >= 0.3 is 0 Å². The van der Waals surface area contributed by atoms with Gasteiger partial charge in [-0.2, -0.15) is 0 Å².